The molecule has 1 aromatic carbocycles. The number of carboxylic acids is 1. The summed E-state index contributed by atoms with van der Waals surface area (Å²) in [6.07, 6.45) is -3.39. The third-order valence-corrected chi connectivity index (χ3v) is 3.34. The van der Waals surface area contributed by atoms with Gasteiger partial charge in [0.15, 0.2) is 0 Å². The van der Waals surface area contributed by atoms with Crippen LogP contribution in [-0.2, 0) is 0 Å². The lowest BCUT2D eigenvalue weighted by atomic mass is 10.1. The summed E-state index contributed by atoms with van der Waals surface area (Å²) >= 11 is 5.74. The minimum absolute atomic E-state index is 0.0126. The van der Waals surface area contributed by atoms with Crippen LogP contribution < -0.4 is 4.90 Å². The predicted molar refractivity (Wildman–Crippen MR) is 69.4 cm³/mol. The molecule has 0 aromatic heterocycles. The van der Waals surface area contributed by atoms with Gasteiger partial charge >= 0.3 is 12.1 Å². The maximum atomic E-state index is 12.5. The predicted octanol–water partition coefficient (Wildman–Crippen LogP) is 3.74. The van der Waals surface area contributed by atoms with Crippen LogP contribution in [0.5, 0.6) is 0 Å². The van der Waals surface area contributed by atoms with Gasteiger partial charge in [-0.15, -0.1) is 0 Å². The van der Waals surface area contributed by atoms with Crippen LogP contribution in [-0.4, -0.2) is 30.3 Å². The molecule has 1 aliphatic heterocycles. The van der Waals surface area contributed by atoms with E-state index in [0.717, 1.165) is 6.08 Å². The molecule has 0 aliphatic carbocycles. The van der Waals surface area contributed by atoms with Crippen LogP contribution in [0.1, 0.15) is 16.8 Å². The van der Waals surface area contributed by atoms with Crippen molar-refractivity contribution < 1.29 is 23.1 Å². The van der Waals surface area contributed by atoms with Gasteiger partial charge in [0.05, 0.1) is 11.3 Å². The quantitative estimate of drug-likeness (QED) is 0.846. The summed E-state index contributed by atoms with van der Waals surface area (Å²) < 4.78 is 37.6. The number of nitrogens with zero attached hydrogens (tertiary/aromatic N) is 1. The first-order valence-corrected chi connectivity index (χ1v) is 6.21. The molecule has 0 radical (unpaired) electrons. The Kier molecular flexibility index (Phi) is 3.94. The van der Waals surface area contributed by atoms with E-state index in [1.165, 1.54) is 18.2 Å². The fraction of sp³-hybridized carbons (Fsp3) is 0.308. The zero-order chi connectivity index (χ0) is 14.9. The van der Waals surface area contributed by atoms with Crippen LogP contribution in [0, 0.1) is 0 Å². The summed E-state index contributed by atoms with van der Waals surface area (Å²) in [4.78, 5) is 12.8. The van der Waals surface area contributed by atoms with Crippen LogP contribution in [0.4, 0.5) is 18.9 Å². The third kappa shape index (κ3) is 3.07. The Hall–Kier alpha value is -1.69. The molecule has 108 valence electrons. The van der Waals surface area contributed by atoms with Gasteiger partial charge in [0, 0.05) is 23.7 Å². The van der Waals surface area contributed by atoms with E-state index >= 15 is 0 Å². The lowest BCUT2D eigenvalue weighted by molar-refractivity contribution is -0.0944. The molecule has 0 spiro atoms. The highest BCUT2D eigenvalue weighted by Crippen LogP contribution is 2.33. The molecule has 0 unspecified atom stereocenters. The smallest absolute Gasteiger partial charge is 0.412 e. The highest BCUT2D eigenvalue weighted by Gasteiger charge is 2.35. The SMILES string of the molecule is O=C(O)c1cc(Cl)ccc1N1CC=C(C(F)(F)F)CC1. The first-order chi connectivity index (χ1) is 9.29. The van der Waals surface area contributed by atoms with E-state index in [4.69, 9.17) is 16.7 Å². The van der Waals surface area contributed by atoms with E-state index in [2.05, 4.69) is 0 Å². The maximum absolute atomic E-state index is 12.5. The number of anilines is 1. The van der Waals surface area contributed by atoms with Gasteiger partial charge in [0.1, 0.15) is 0 Å². The maximum Gasteiger partial charge on any atom is 0.412 e. The molecule has 1 aromatic rings. The Labute approximate surface area is 118 Å². The van der Waals surface area contributed by atoms with Crippen molar-refractivity contribution in [1.82, 2.24) is 0 Å². The minimum atomic E-state index is -4.32. The summed E-state index contributed by atoms with van der Waals surface area (Å²) in [6.45, 7) is 0.143. The second-order valence-electron chi connectivity index (χ2n) is 4.39. The van der Waals surface area contributed by atoms with Gasteiger partial charge in [-0.05, 0) is 24.6 Å². The van der Waals surface area contributed by atoms with Gasteiger partial charge < -0.3 is 10.0 Å². The van der Waals surface area contributed by atoms with Crippen LogP contribution in [0.2, 0.25) is 5.02 Å². The van der Waals surface area contributed by atoms with Crippen LogP contribution in [0.25, 0.3) is 0 Å². The summed E-state index contributed by atoms with van der Waals surface area (Å²) in [7, 11) is 0. The largest absolute Gasteiger partial charge is 0.478 e. The van der Waals surface area contributed by atoms with Gasteiger partial charge in [0.2, 0.25) is 0 Å². The van der Waals surface area contributed by atoms with Crippen molar-refractivity contribution in [2.75, 3.05) is 18.0 Å². The van der Waals surface area contributed by atoms with Crippen molar-refractivity contribution in [3.63, 3.8) is 0 Å². The molecule has 1 aliphatic rings. The van der Waals surface area contributed by atoms with Crippen molar-refractivity contribution >= 4 is 23.3 Å². The molecule has 3 nitrogen and oxygen atoms in total. The lowest BCUT2D eigenvalue weighted by Gasteiger charge is -2.30. The van der Waals surface area contributed by atoms with Gasteiger partial charge in [0.25, 0.3) is 0 Å². The fourth-order valence-electron chi connectivity index (χ4n) is 2.10. The van der Waals surface area contributed by atoms with Gasteiger partial charge in [-0.2, -0.15) is 13.2 Å². The number of hydrogen-bond acceptors (Lipinski definition) is 2. The molecule has 7 heteroatoms. The van der Waals surface area contributed by atoms with Crippen LogP contribution in [0.15, 0.2) is 29.8 Å². The van der Waals surface area contributed by atoms with E-state index in [-0.39, 0.29) is 30.1 Å². The van der Waals surface area contributed by atoms with Crippen molar-refractivity contribution in [2.45, 2.75) is 12.6 Å². The molecule has 0 fully saturated rings. The van der Waals surface area contributed by atoms with Gasteiger partial charge in [-0.3, -0.25) is 0 Å². The number of carboxylic acid groups (broad SMARTS) is 1. The summed E-state index contributed by atoms with van der Waals surface area (Å²) in [6, 6.07) is 4.33. The molecule has 1 heterocycles. The molecular formula is C13H11ClF3NO2. The molecule has 0 bridgehead atoms. The number of benzene rings is 1. The molecule has 2 rings (SSSR count). The highest BCUT2D eigenvalue weighted by molar-refractivity contribution is 6.31. The lowest BCUT2D eigenvalue weighted by Crippen LogP contribution is -2.32. The number of alkyl halides is 3. The Morgan fingerprint density at radius 2 is 2.05 bits per heavy atom. The third-order valence-electron chi connectivity index (χ3n) is 3.10. The molecule has 20 heavy (non-hydrogen) atoms. The number of hydrogen-bond donors (Lipinski definition) is 1. The molecule has 0 atom stereocenters. The molecular weight excluding hydrogens is 295 g/mol. The standard InChI is InChI=1S/C13H11ClF3NO2/c14-9-1-2-11(10(7-9)12(19)20)18-5-3-8(4-6-18)13(15,16)17/h1-3,7H,4-6H2,(H,19,20). The second-order valence-corrected chi connectivity index (χ2v) is 4.83. The first-order valence-electron chi connectivity index (χ1n) is 5.83. The molecule has 0 amide bonds. The second kappa shape index (κ2) is 5.36. The summed E-state index contributed by atoms with van der Waals surface area (Å²) in [5, 5.41) is 9.39. The average molecular weight is 306 g/mol. The Balaban J connectivity index is 2.27. The van der Waals surface area contributed by atoms with E-state index < -0.39 is 17.7 Å². The fourth-order valence-corrected chi connectivity index (χ4v) is 2.27. The van der Waals surface area contributed by atoms with Gasteiger partial charge in [-0.1, -0.05) is 17.7 Å². The number of aromatic carboxylic acids is 1. The number of carbonyl (C=O) groups is 1. The van der Waals surface area contributed by atoms with E-state index in [9.17, 15) is 18.0 Å². The normalized spacial score (nSPS) is 16.0. The van der Waals surface area contributed by atoms with Crippen molar-refractivity contribution in [3.8, 4) is 0 Å². The molecule has 0 saturated carbocycles. The van der Waals surface area contributed by atoms with Gasteiger partial charge in [-0.25, -0.2) is 4.79 Å². The van der Waals surface area contributed by atoms with E-state index in [1.54, 1.807) is 4.90 Å². The molecule has 1 N–H and O–H groups in total. The first kappa shape index (κ1) is 14.7. The Morgan fingerprint density at radius 1 is 1.35 bits per heavy atom. The van der Waals surface area contributed by atoms with Crippen molar-refractivity contribution in [3.05, 3.63) is 40.4 Å². The Morgan fingerprint density at radius 3 is 2.55 bits per heavy atom. The zero-order valence-electron chi connectivity index (χ0n) is 10.2. The van der Waals surface area contributed by atoms with E-state index in [0.29, 0.717) is 5.69 Å². The van der Waals surface area contributed by atoms with Crippen LogP contribution >= 0.6 is 11.6 Å². The minimum Gasteiger partial charge on any atom is -0.478 e. The Bertz CT molecular complexity index is 569. The number of rotatable bonds is 2. The van der Waals surface area contributed by atoms with Crippen molar-refractivity contribution in [2.24, 2.45) is 0 Å². The number of halogens is 4. The highest BCUT2D eigenvalue weighted by atomic mass is 35.5. The average Bonchev–Trinajstić information content (AvgIpc) is 2.37. The van der Waals surface area contributed by atoms with Crippen LogP contribution in [0.3, 0.4) is 0 Å². The van der Waals surface area contributed by atoms with E-state index in [1.807, 2.05) is 0 Å². The summed E-state index contributed by atoms with van der Waals surface area (Å²) in [5.74, 6) is -1.16. The zero-order valence-corrected chi connectivity index (χ0v) is 11.0. The summed E-state index contributed by atoms with van der Waals surface area (Å²) in [5.41, 5.74) is -0.208. The molecule has 0 saturated heterocycles. The topological polar surface area (TPSA) is 40.5 Å². The van der Waals surface area contributed by atoms with Crippen molar-refractivity contribution in [1.29, 1.82) is 0 Å². The monoisotopic (exact) mass is 305 g/mol.